The van der Waals surface area contributed by atoms with E-state index in [1.807, 2.05) is 12.1 Å². The summed E-state index contributed by atoms with van der Waals surface area (Å²) in [4.78, 5) is 0. The lowest BCUT2D eigenvalue weighted by atomic mass is 10.0. The molecule has 1 aliphatic carbocycles. The molecule has 0 aliphatic heterocycles. The molecule has 3 aromatic carbocycles. The summed E-state index contributed by atoms with van der Waals surface area (Å²) in [7, 11) is 0. The van der Waals surface area contributed by atoms with Gasteiger partial charge in [-0.25, -0.2) is 0 Å². The predicted molar refractivity (Wildman–Crippen MR) is 66.1 cm³/mol. The van der Waals surface area contributed by atoms with E-state index in [-0.39, 0.29) is 0 Å². The minimum absolute atomic E-state index is 1.18. The molecule has 1 aliphatic rings. The first kappa shape index (κ1) is 8.12. The minimum Gasteiger partial charge on any atom is -0.0616 e. The lowest BCUT2D eigenvalue weighted by Crippen LogP contribution is -1.74. The highest BCUT2D eigenvalue weighted by Gasteiger charge is 2.19. The van der Waals surface area contributed by atoms with Crippen LogP contribution in [0, 0.1) is 12.1 Å². The van der Waals surface area contributed by atoms with Gasteiger partial charge in [0, 0.05) is 0 Å². The van der Waals surface area contributed by atoms with Crippen LogP contribution in [-0.2, 0) is 0 Å². The topological polar surface area (TPSA) is 0 Å². The van der Waals surface area contributed by atoms with Gasteiger partial charge in [0.25, 0.3) is 0 Å². The average molecular weight is 200 g/mol. The fraction of sp³-hybridized carbons (Fsp3) is 0. The Labute approximate surface area is 94.2 Å². The molecule has 0 fully saturated rings. The van der Waals surface area contributed by atoms with Gasteiger partial charge in [0.05, 0.1) is 0 Å². The first-order valence-corrected chi connectivity index (χ1v) is 5.40. The predicted octanol–water partition coefficient (Wildman–Crippen LogP) is 4.09. The van der Waals surface area contributed by atoms with Crippen LogP contribution in [0.5, 0.6) is 0 Å². The van der Waals surface area contributed by atoms with Gasteiger partial charge >= 0.3 is 0 Å². The zero-order valence-electron chi connectivity index (χ0n) is 8.62. The molecule has 3 aromatic rings. The minimum atomic E-state index is 1.18. The Morgan fingerprint density at radius 2 is 1.50 bits per heavy atom. The summed E-state index contributed by atoms with van der Waals surface area (Å²) in [5, 5.41) is 2.48. The third-order valence-electron chi connectivity index (χ3n) is 3.24. The second-order valence-corrected chi connectivity index (χ2v) is 4.08. The third-order valence-corrected chi connectivity index (χ3v) is 3.24. The van der Waals surface area contributed by atoms with E-state index in [2.05, 4.69) is 48.5 Å². The van der Waals surface area contributed by atoms with Gasteiger partial charge in [-0.2, -0.15) is 0 Å². The van der Waals surface area contributed by atoms with Gasteiger partial charge in [-0.1, -0.05) is 48.5 Å². The van der Waals surface area contributed by atoms with Gasteiger partial charge in [-0.15, -0.1) is 0 Å². The Balaban J connectivity index is 2.31. The number of fused-ring (bicyclic) bond motifs is 3. The average Bonchev–Trinajstić information content (AvgIpc) is 2.68. The summed E-state index contributed by atoms with van der Waals surface area (Å²) < 4.78 is 0. The molecule has 4 rings (SSSR count). The Bertz CT molecular complexity index is 650. The Morgan fingerprint density at radius 3 is 2.44 bits per heavy atom. The van der Waals surface area contributed by atoms with E-state index in [4.69, 9.17) is 0 Å². The molecule has 0 nitrogen and oxygen atoms in total. The highest BCUT2D eigenvalue weighted by atomic mass is 14.2. The molecule has 0 saturated carbocycles. The van der Waals surface area contributed by atoms with Crippen LogP contribution >= 0.6 is 0 Å². The fourth-order valence-corrected chi connectivity index (χ4v) is 2.57. The van der Waals surface area contributed by atoms with Gasteiger partial charge < -0.3 is 0 Å². The largest absolute Gasteiger partial charge is 0.0616 e. The Hall–Kier alpha value is -2.08. The van der Waals surface area contributed by atoms with Crippen molar-refractivity contribution in [2.45, 2.75) is 0 Å². The van der Waals surface area contributed by atoms with Crippen molar-refractivity contribution in [2.75, 3.05) is 0 Å². The molecular formula is C16H8. The third kappa shape index (κ3) is 0.849. The maximum Gasteiger partial charge on any atom is -0.00139 e. The lowest BCUT2D eigenvalue weighted by Gasteiger charge is -1.99. The second kappa shape index (κ2) is 2.73. The van der Waals surface area contributed by atoms with E-state index in [9.17, 15) is 0 Å². The summed E-state index contributed by atoms with van der Waals surface area (Å²) in [5.74, 6) is 0. The molecule has 72 valence electrons. The summed E-state index contributed by atoms with van der Waals surface area (Å²) in [6.45, 7) is 0. The molecule has 0 aromatic heterocycles. The molecular weight excluding hydrogens is 192 g/mol. The van der Waals surface area contributed by atoms with Crippen molar-refractivity contribution in [3.05, 3.63) is 60.7 Å². The highest BCUT2D eigenvalue weighted by Crippen LogP contribution is 2.46. The van der Waals surface area contributed by atoms with Crippen molar-refractivity contribution in [1.82, 2.24) is 0 Å². The molecule has 0 amide bonds. The second-order valence-electron chi connectivity index (χ2n) is 4.08. The van der Waals surface area contributed by atoms with E-state index in [1.54, 1.807) is 0 Å². The molecule has 0 unspecified atom stereocenters. The van der Waals surface area contributed by atoms with Gasteiger partial charge in [0.2, 0.25) is 0 Å². The Morgan fingerprint density at radius 1 is 0.688 bits per heavy atom. The highest BCUT2D eigenvalue weighted by molar-refractivity contribution is 6.14. The van der Waals surface area contributed by atoms with Crippen LogP contribution in [-0.4, -0.2) is 0 Å². The maximum absolute atomic E-state index is 3.35. The number of hydrogen-bond donors (Lipinski definition) is 0. The maximum atomic E-state index is 3.35. The van der Waals surface area contributed by atoms with Crippen molar-refractivity contribution >= 4 is 10.8 Å². The van der Waals surface area contributed by atoms with Crippen molar-refractivity contribution in [1.29, 1.82) is 0 Å². The van der Waals surface area contributed by atoms with E-state index >= 15 is 0 Å². The van der Waals surface area contributed by atoms with Crippen molar-refractivity contribution in [3.63, 3.8) is 0 Å². The number of hydrogen-bond acceptors (Lipinski definition) is 0. The van der Waals surface area contributed by atoms with Crippen LogP contribution < -0.4 is 0 Å². The molecule has 0 heterocycles. The van der Waals surface area contributed by atoms with Crippen molar-refractivity contribution in [2.24, 2.45) is 0 Å². The molecule has 2 radical (unpaired) electrons. The molecule has 16 heavy (non-hydrogen) atoms. The molecule has 0 spiro atoms. The standard InChI is InChI=1S/C16H8/c1-2-8-13-12(7-1)14-9-3-5-11-6-4-10-15(13)16(11)14/h1-5,7-8,10H. The van der Waals surface area contributed by atoms with Gasteiger partial charge in [0.1, 0.15) is 0 Å². The van der Waals surface area contributed by atoms with Crippen LogP contribution in [0.3, 0.4) is 0 Å². The first-order chi connectivity index (χ1) is 7.95. The summed E-state index contributed by atoms with van der Waals surface area (Å²) >= 11 is 0. The zero-order valence-corrected chi connectivity index (χ0v) is 8.62. The molecule has 0 atom stereocenters. The van der Waals surface area contributed by atoms with E-state index < -0.39 is 0 Å². The molecule has 0 N–H and O–H groups in total. The normalized spacial score (nSPS) is 11.8. The number of benzene rings is 3. The van der Waals surface area contributed by atoms with E-state index in [0.29, 0.717) is 0 Å². The van der Waals surface area contributed by atoms with Gasteiger partial charge in [0.15, 0.2) is 0 Å². The van der Waals surface area contributed by atoms with Crippen LogP contribution in [0.15, 0.2) is 48.5 Å². The van der Waals surface area contributed by atoms with Crippen LogP contribution in [0.1, 0.15) is 0 Å². The van der Waals surface area contributed by atoms with Gasteiger partial charge in [-0.3, -0.25) is 0 Å². The monoisotopic (exact) mass is 200 g/mol. The molecule has 0 heteroatoms. The van der Waals surface area contributed by atoms with Crippen molar-refractivity contribution < 1.29 is 0 Å². The number of rotatable bonds is 0. The SMILES string of the molecule is [c]1ccc2[c]ccc3c2c1-c1ccccc1-3. The summed E-state index contributed by atoms with van der Waals surface area (Å²) in [6, 6.07) is 23.4. The Kier molecular flexibility index (Phi) is 1.39. The lowest BCUT2D eigenvalue weighted by molar-refractivity contribution is 1.69. The smallest absolute Gasteiger partial charge is 0.00139 e. The van der Waals surface area contributed by atoms with Crippen LogP contribution in [0.2, 0.25) is 0 Å². The van der Waals surface area contributed by atoms with Crippen molar-refractivity contribution in [3.8, 4) is 22.3 Å². The first-order valence-electron chi connectivity index (χ1n) is 5.40. The van der Waals surface area contributed by atoms with E-state index in [1.165, 1.54) is 33.0 Å². The zero-order chi connectivity index (χ0) is 10.5. The quantitative estimate of drug-likeness (QED) is 0.401. The fourth-order valence-electron chi connectivity index (χ4n) is 2.57. The van der Waals surface area contributed by atoms with Crippen LogP contribution in [0.25, 0.3) is 33.0 Å². The molecule has 0 bridgehead atoms. The van der Waals surface area contributed by atoms with E-state index in [0.717, 1.165) is 0 Å². The summed E-state index contributed by atoms with van der Waals surface area (Å²) in [6.07, 6.45) is 0. The van der Waals surface area contributed by atoms with Crippen LogP contribution in [0.4, 0.5) is 0 Å². The van der Waals surface area contributed by atoms with Gasteiger partial charge in [-0.05, 0) is 45.2 Å². The molecule has 0 saturated heterocycles. The summed E-state index contributed by atoms with van der Waals surface area (Å²) in [5.41, 5.74) is 5.15.